The van der Waals surface area contributed by atoms with E-state index in [1.165, 1.54) is 4.90 Å². The largest absolute Gasteiger partial charge is 0.444 e. The van der Waals surface area contributed by atoms with Crippen molar-refractivity contribution in [2.24, 2.45) is 0 Å². The first kappa shape index (κ1) is 18.4. The summed E-state index contributed by atoms with van der Waals surface area (Å²) in [6, 6.07) is 7.94. The minimum absolute atomic E-state index is 0.492. The minimum Gasteiger partial charge on any atom is -0.444 e. The molecule has 1 aromatic heterocycles. The van der Waals surface area contributed by atoms with Crippen molar-refractivity contribution < 1.29 is 14.3 Å². The second-order valence-corrected chi connectivity index (χ2v) is 8.20. The van der Waals surface area contributed by atoms with Crippen LogP contribution in [0.3, 0.4) is 0 Å². The summed E-state index contributed by atoms with van der Waals surface area (Å²) in [5, 5.41) is 0.960. The number of carbonyl (C=O) groups excluding carboxylic acids is 2. The molecule has 0 saturated carbocycles. The number of nitrogens with zero attached hydrogens (tertiary/aromatic N) is 2. The summed E-state index contributed by atoms with van der Waals surface area (Å²) in [6.07, 6.45) is 1.43. The number of aryl methyl sites for hydroxylation is 1. The average Bonchev–Trinajstić information content (AvgIpc) is 2.93. The Bertz CT molecular complexity index is 702. The second-order valence-electron chi connectivity index (χ2n) is 7.09. The number of amides is 1. The van der Waals surface area contributed by atoms with Gasteiger partial charge in [-0.1, -0.05) is 12.1 Å². The van der Waals surface area contributed by atoms with Crippen LogP contribution in [-0.4, -0.2) is 40.5 Å². The number of aldehydes is 1. The molecule has 24 heavy (non-hydrogen) atoms. The molecule has 2 rings (SSSR count). The van der Waals surface area contributed by atoms with E-state index in [4.69, 9.17) is 4.74 Å². The highest BCUT2D eigenvalue weighted by Crippen LogP contribution is 2.26. The van der Waals surface area contributed by atoms with Gasteiger partial charge in [0, 0.05) is 13.5 Å². The molecule has 2 aromatic rings. The van der Waals surface area contributed by atoms with Gasteiger partial charge in [-0.15, -0.1) is 11.3 Å². The molecule has 0 bridgehead atoms. The first-order valence-electron chi connectivity index (χ1n) is 7.92. The SMILES string of the molecule is CN(C(=O)OC(C)(C)C)C(C)(C=O)CCc1nc2ccccc2s1. The Morgan fingerprint density at radius 1 is 1.29 bits per heavy atom. The maximum atomic E-state index is 12.2. The van der Waals surface area contributed by atoms with Crippen LogP contribution in [0.15, 0.2) is 24.3 Å². The molecule has 1 unspecified atom stereocenters. The highest BCUT2D eigenvalue weighted by molar-refractivity contribution is 7.18. The van der Waals surface area contributed by atoms with Crippen LogP contribution in [0.4, 0.5) is 4.79 Å². The molecule has 1 atom stereocenters. The predicted molar refractivity (Wildman–Crippen MR) is 96.4 cm³/mol. The van der Waals surface area contributed by atoms with E-state index < -0.39 is 17.2 Å². The van der Waals surface area contributed by atoms with E-state index in [0.717, 1.165) is 21.5 Å². The Morgan fingerprint density at radius 3 is 2.54 bits per heavy atom. The number of carbonyl (C=O) groups is 2. The van der Waals surface area contributed by atoms with Crippen LogP contribution >= 0.6 is 11.3 Å². The molecular formula is C18H24N2O3S. The Morgan fingerprint density at radius 2 is 1.96 bits per heavy atom. The molecule has 1 aromatic carbocycles. The lowest BCUT2D eigenvalue weighted by Crippen LogP contribution is -2.50. The maximum Gasteiger partial charge on any atom is 0.410 e. The number of thiazole rings is 1. The zero-order valence-corrected chi connectivity index (χ0v) is 15.6. The topological polar surface area (TPSA) is 59.5 Å². The van der Waals surface area contributed by atoms with Gasteiger partial charge in [-0.3, -0.25) is 4.90 Å². The zero-order valence-electron chi connectivity index (χ0n) is 14.8. The Labute approximate surface area is 146 Å². The van der Waals surface area contributed by atoms with E-state index in [1.807, 2.05) is 24.3 Å². The fraction of sp³-hybridized carbons (Fsp3) is 0.500. The van der Waals surface area contributed by atoms with Crippen molar-refractivity contribution in [2.75, 3.05) is 7.05 Å². The van der Waals surface area contributed by atoms with Crippen molar-refractivity contribution in [3.8, 4) is 0 Å². The van der Waals surface area contributed by atoms with E-state index in [9.17, 15) is 9.59 Å². The number of hydrogen-bond donors (Lipinski definition) is 0. The summed E-state index contributed by atoms with van der Waals surface area (Å²) in [6.45, 7) is 7.16. The van der Waals surface area contributed by atoms with Gasteiger partial charge in [0.15, 0.2) is 0 Å². The smallest absolute Gasteiger partial charge is 0.410 e. The van der Waals surface area contributed by atoms with Gasteiger partial charge in [-0.25, -0.2) is 9.78 Å². The number of hydrogen-bond acceptors (Lipinski definition) is 5. The van der Waals surface area contributed by atoms with E-state index in [0.29, 0.717) is 12.8 Å². The van der Waals surface area contributed by atoms with Crippen LogP contribution in [0, 0.1) is 0 Å². The Hall–Kier alpha value is -1.95. The van der Waals surface area contributed by atoms with Crippen LogP contribution in [0.25, 0.3) is 10.2 Å². The monoisotopic (exact) mass is 348 g/mol. The van der Waals surface area contributed by atoms with Crippen LogP contribution in [0.5, 0.6) is 0 Å². The molecule has 1 heterocycles. The van der Waals surface area contributed by atoms with Crippen LogP contribution in [0.2, 0.25) is 0 Å². The predicted octanol–water partition coefficient (Wildman–Crippen LogP) is 4.05. The molecule has 1 amide bonds. The lowest BCUT2D eigenvalue weighted by molar-refractivity contribution is -0.117. The first-order valence-corrected chi connectivity index (χ1v) is 8.74. The number of benzene rings is 1. The van der Waals surface area contributed by atoms with Crippen LogP contribution in [-0.2, 0) is 16.0 Å². The van der Waals surface area contributed by atoms with Gasteiger partial charge in [0.25, 0.3) is 0 Å². The normalized spacial score (nSPS) is 14.2. The molecule has 0 aliphatic heterocycles. The number of likely N-dealkylation sites (N-methyl/N-ethyl adjacent to an activating group) is 1. The van der Waals surface area contributed by atoms with Gasteiger partial charge in [0.1, 0.15) is 11.9 Å². The lowest BCUT2D eigenvalue weighted by atomic mass is 9.96. The molecule has 5 nitrogen and oxygen atoms in total. The van der Waals surface area contributed by atoms with Gasteiger partial charge in [0.2, 0.25) is 0 Å². The van der Waals surface area contributed by atoms with E-state index in [2.05, 4.69) is 4.98 Å². The highest BCUT2D eigenvalue weighted by Gasteiger charge is 2.35. The maximum absolute atomic E-state index is 12.2. The van der Waals surface area contributed by atoms with E-state index in [1.54, 1.807) is 46.1 Å². The summed E-state index contributed by atoms with van der Waals surface area (Å²) in [5.41, 5.74) is -0.562. The minimum atomic E-state index is -0.930. The number of aromatic nitrogens is 1. The summed E-state index contributed by atoms with van der Waals surface area (Å²) >= 11 is 1.62. The third kappa shape index (κ3) is 4.32. The first-order chi connectivity index (χ1) is 11.1. The fourth-order valence-electron chi connectivity index (χ4n) is 2.23. The molecule has 0 spiro atoms. The lowest BCUT2D eigenvalue weighted by Gasteiger charge is -2.35. The highest BCUT2D eigenvalue weighted by atomic mass is 32.1. The van der Waals surface area contributed by atoms with Crippen molar-refractivity contribution in [3.05, 3.63) is 29.3 Å². The zero-order chi connectivity index (χ0) is 18.0. The summed E-state index contributed by atoms with van der Waals surface area (Å²) in [7, 11) is 1.60. The molecule has 0 radical (unpaired) electrons. The van der Waals surface area contributed by atoms with Crippen molar-refractivity contribution >= 4 is 33.9 Å². The van der Waals surface area contributed by atoms with Crippen LogP contribution < -0.4 is 0 Å². The van der Waals surface area contributed by atoms with Crippen LogP contribution in [0.1, 0.15) is 39.1 Å². The van der Waals surface area contributed by atoms with Crippen molar-refractivity contribution in [1.82, 2.24) is 9.88 Å². The van der Waals surface area contributed by atoms with Gasteiger partial charge in [-0.2, -0.15) is 0 Å². The number of fused-ring (bicyclic) bond motifs is 1. The number of ether oxygens (including phenoxy) is 1. The molecule has 130 valence electrons. The van der Waals surface area contributed by atoms with Gasteiger partial charge >= 0.3 is 6.09 Å². The molecule has 6 heteroatoms. The molecule has 0 fully saturated rings. The summed E-state index contributed by atoms with van der Waals surface area (Å²) in [5.74, 6) is 0. The van der Waals surface area contributed by atoms with Crippen molar-refractivity contribution in [2.45, 2.75) is 51.7 Å². The quantitative estimate of drug-likeness (QED) is 0.765. The second kappa shape index (κ2) is 6.89. The average molecular weight is 348 g/mol. The van der Waals surface area contributed by atoms with Gasteiger partial charge < -0.3 is 9.53 Å². The molecule has 0 aliphatic carbocycles. The Kier molecular flexibility index (Phi) is 5.28. The van der Waals surface area contributed by atoms with Gasteiger partial charge in [-0.05, 0) is 46.2 Å². The van der Waals surface area contributed by atoms with E-state index >= 15 is 0 Å². The fourth-order valence-corrected chi connectivity index (χ4v) is 3.20. The molecule has 0 aliphatic rings. The van der Waals surface area contributed by atoms with Crippen molar-refractivity contribution in [1.29, 1.82) is 0 Å². The molecular weight excluding hydrogens is 324 g/mol. The summed E-state index contributed by atoms with van der Waals surface area (Å²) < 4.78 is 6.49. The number of rotatable bonds is 5. The van der Waals surface area contributed by atoms with Gasteiger partial charge in [0.05, 0.1) is 20.8 Å². The standard InChI is InChI=1S/C18H24N2O3S/c1-17(2,3)23-16(22)20(5)18(4,12-21)11-10-15-19-13-8-6-7-9-14(13)24-15/h6-9,12H,10-11H2,1-5H3. The third-order valence-electron chi connectivity index (χ3n) is 3.87. The number of para-hydroxylation sites is 1. The van der Waals surface area contributed by atoms with Crippen molar-refractivity contribution in [3.63, 3.8) is 0 Å². The molecule has 0 saturated heterocycles. The molecule has 0 N–H and O–H groups in total. The third-order valence-corrected chi connectivity index (χ3v) is 4.97. The summed E-state index contributed by atoms with van der Waals surface area (Å²) in [4.78, 5) is 29.9. The Balaban J connectivity index is 2.08. The van der Waals surface area contributed by atoms with E-state index in [-0.39, 0.29) is 0 Å².